The number of anilines is 1. The monoisotopic (exact) mass is 945 g/mol. The molecular weight excluding hydrogens is 895 g/mol. The maximum atomic E-state index is 12.5. The molecule has 1 heterocycles. The fraction of sp³-hybridized carbons (Fsp3) is 0.349. The van der Waals surface area contributed by atoms with Crippen molar-refractivity contribution in [3.8, 4) is 0 Å². The molecule has 5 N–H and O–H groups in total. The van der Waals surface area contributed by atoms with Crippen molar-refractivity contribution >= 4 is 79.3 Å². The first-order chi connectivity index (χ1) is 29.1. The minimum atomic E-state index is -4.96. The van der Waals surface area contributed by atoms with Crippen molar-refractivity contribution in [2.24, 2.45) is 4.99 Å². The van der Waals surface area contributed by atoms with Crippen LogP contribution in [-0.2, 0) is 56.1 Å². The van der Waals surface area contributed by atoms with Gasteiger partial charge in [0.1, 0.15) is 9.79 Å². The normalized spacial score (nSPS) is 16.0. The van der Waals surface area contributed by atoms with Crippen LogP contribution in [0.1, 0.15) is 77.0 Å². The smallest absolute Gasteiger partial charge is 0.295 e. The number of carbonyl (C=O) groups is 1. The molecule has 0 radical (unpaired) electrons. The van der Waals surface area contributed by atoms with E-state index in [1.807, 2.05) is 45.6 Å². The molecule has 4 aromatic rings. The molecule has 0 aromatic heterocycles. The second kappa shape index (κ2) is 18.0. The molecule has 16 nitrogen and oxygen atoms in total. The molecular formula is C43H51N3O13S4. The van der Waals surface area contributed by atoms with Crippen LogP contribution in [0.4, 0.5) is 5.69 Å². The number of rotatable bonds is 16. The van der Waals surface area contributed by atoms with Crippen LogP contribution in [0.15, 0.2) is 109 Å². The second-order valence-electron chi connectivity index (χ2n) is 16.2. The number of nitrogens with zero attached hydrogens (tertiary/aromatic N) is 2. The van der Waals surface area contributed by atoms with Crippen LogP contribution in [0, 0.1) is 6.92 Å². The summed E-state index contributed by atoms with van der Waals surface area (Å²) in [5.74, 6) is -0.0807. The summed E-state index contributed by atoms with van der Waals surface area (Å²) in [4.78, 5) is 15.9. The zero-order valence-corrected chi connectivity index (χ0v) is 39.0. The number of likely N-dealkylation sites (N-methyl/N-ethyl adjacent to an activating group) is 1. The fourth-order valence-electron chi connectivity index (χ4n) is 8.36. The van der Waals surface area contributed by atoms with E-state index < -0.39 is 70.9 Å². The summed E-state index contributed by atoms with van der Waals surface area (Å²) in [5.41, 5.74) is 1.68. The maximum Gasteiger partial charge on any atom is 0.295 e. The molecule has 1 amide bonds. The molecule has 20 heteroatoms. The van der Waals surface area contributed by atoms with Gasteiger partial charge in [-0.05, 0) is 96.6 Å². The highest BCUT2D eigenvalue weighted by atomic mass is 32.2. The standard InChI is InChI=1S/C43H51N3O13S4/c1-8-46-34-21-20-31-33(24-29(61(51,52)53)26-36(31)63(57,58)59)41(34)43(5,6)38(46)16-12-9-11-15-37(45-22-14-10-13-17-39(47)44-7)42(3,4)40-27(2)18-19-30-32(40)23-28(60(48,49)50)25-35(30)62(54,55)56/h9,11-12,15-16,18-21,23-26H,8,10,13-14,17,22H2,1-7H3,(H,44,47)(H,48,49,50)(H,51,52,53)(H,54,55,56)(H,57,58,59)/b12-9+,15-11+,38-16-,45-37+. The highest BCUT2D eigenvalue weighted by molar-refractivity contribution is 7.87. The van der Waals surface area contributed by atoms with Gasteiger partial charge in [0.2, 0.25) is 5.91 Å². The molecule has 340 valence electrons. The minimum absolute atomic E-state index is 0.0273. The van der Waals surface area contributed by atoms with Crippen LogP contribution in [0.3, 0.4) is 0 Å². The van der Waals surface area contributed by atoms with Crippen LogP contribution in [-0.4, -0.2) is 83.6 Å². The van der Waals surface area contributed by atoms with E-state index >= 15 is 0 Å². The molecule has 0 unspecified atom stereocenters. The van der Waals surface area contributed by atoms with Crippen LogP contribution >= 0.6 is 0 Å². The topological polar surface area (TPSA) is 262 Å². The molecule has 0 bridgehead atoms. The first kappa shape index (κ1) is 49.2. The Morgan fingerprint density at radius 1 is 0.746 bits per heavy atom. The molecule has 0 atom stereocenters. The summed E-state index contributed by atoms with van der Waals surface area (Å²) >= 11 is 0. The average molecular weight is 946 g/mol. The van der Waals surface area contributed by atoms with E-state index in [0.29, 0.717) is 79.0 Å². The van der Waals surface area contributed by atoms with Crippen LogP contribution in [0.25, 0.3) is 21.5 Å². The zero-order chi connectivity index (χ0) is 47.1. The Labute approximate surface area is 368 Å². The Kier molecular flexibility index (Phi) is 14.1. The molecule has 4 aromatic carbocycles. The predicted molar refractivity (Wildman–Crippen MR) is 242 cm³/mol. The Morgan fingerprint density at radius 3 is 1.84 bits per heavy atom. The Morgan fingerprint density at radius 2 is 1.30 bits per heavy atom. The lowest BCUT2D eigenvalue weighted by molar-refractivity contribution is -0.120. The molecule has 63 heavy (non-hydrogen) atoms. The Bertz CT molecular complexity index is 3100. The maximum absolute atomic E-state index is 12.5. The number of amides is 1. The molecule has 1 aliphatic heterocycles. The summed E-state index contributed by atoms with van der Waals surface area (Å²) in [6, 6.07) is 10.0. The molecule has 1 aliphatic rings. The van der Waals surface area contributed by atoms with Gasteiger partial charge in [-0.1, -0.05) is 70.5 Å². The van der Waals surface area contributed by atoms with Gasteiger partial charge in [-0.15, -0.1) is 0 Å². The summed E-state index contributed by atoms with van der Waals surface area (Å²) < 4.78 is 139. The van der Waals surface area contributed by atoms with E-state index in [0.717, 1.165) is 11.8 Å². The third-order valence-corrected chi connectivity index (χ3v) is 14.7. The van der Waals surface area contributed by atoms with Crippen molar-refractivity contribution in [3.05, 3.63) is 101 Å². The fourth-order valence-corrected chi connectivity index (χ4v) is 11.0. The van der Waals surface area contributed by atoms with Gasteiger partial charge in [0.25, 0.3) is 40.5 Å². The van der Waals surface area contributed by atoms with Crippen LogP contribution < -0.4 is 10.2 Å². The van der Waals surface area contributed by atoms with E-state index in [4.69, 9.17) is 4.99 Å². The van der Waals surface area contributed by atoms with Gasteiger partial charge in [0, 0.05) is 65.3 Å². The van der Waals surface area contributed by atoms with Gasteiger partial charge < -0.3 is 10.2 Å². The molecule has 0 saturated carbocycles. The van der Waals surface area contributed by atoms with Crippen LogP contribution in [0.5, 0.6) is 0 Å². The third kappa shape index (κ3) is 10.3. The van der Waals surface area contributed by atoms with Gasteiger partial charge in [-0.3, -0.25) is 28.0 Å². The van der Waals surface area contributed by atoms with Gasteiger partial charge >= 0.3 is 0 Å². The molecule has 0 saturated heterocycles. The lowest BCUT2D eigenvalue weighted by Gasteiger charge is -2.30. The number of hydrogen-bond donors (Lipinski definition) is 5. The van der Waals surface area contributed by atoms with Gasteiger partial charge in [0.15, 0.2) is 0 Å². The lowest BCUT2D eigenvalue weighted by atomic mass is 9.75. The summed E-state index contributed by atoms with van der Waals surface area (Å²) in [5, 5.41) is 3.05. The van der Waals surface area contributed by atoms with E-state index in [-0.39, 0.29) is 27.5 Å². The first-order valence-corrected chi connectivity index (χ1v) is 25.5. The number of unbranched alkanes of at least 4 members (excludes halogenated alkanes) is 2. The zero-order valence-electron chi connectivity index (χ0n) is 35.7. The number of benzene rings is 4. The molecule has 0 aliphatic carbocycles. The van der Waals surface area contributed by atoms with E-state index in [1.54, 1.807) is 50.4 Å². The number of aryl methyl sites for hydroxylation is 1. The SMILES string of the molecule is CCN1\C(=C/C=C/C=C/C(=N\CCCCCC(=O)NC)C(C)(C)c2c(C)ccc3c(S(=O)(=O)O)cc(S(=O)(=O)O)cc23)C(C)(C)c2c1ccc1c(S(=O)(=O)O)cc(S(=O)(=O)O)cc21. The van der Waals surface area contributed by atoms with Gasteiger partial charge in [-0.2, -0.15) is 33.7 Å². The number of nitrogens with one attached hydrogen (secondary N) is 1. The number of allylic oxidation sites excluding steroid dienone is 6. The lowest BCUT2D eigenvalue weighted by Crippen LogP contribution is -2.29. The Balaban J connectivity index is 1.61. The minimum Gasteiger partial charge on any atom is -0.359 e. The van der Waals surface area contributed by atoms with Crippen molar-refractivity contribution in [2.45, 2.75) is 97.6 Å². The number of hydrogen-bond acceptors (Lipinski definition) is 11. The summed E-state index contributed by atoms with van der Waals surface area (Å²) in [7, 11) is -18.1. The number of carbonyl (C=O) groups excluding carboxylic acids is 1. The van der Waals surface area contributed by atoms with E-state index in [2.05, 4.69) is 5.32 Å². The number of fused-ring (bicyclic) bond motifs is 4. The van der Waals surface area contributed by atoms with Crippen molar-refractivity contribution in [1.82, 2.24) is 5.32 Å². The van der Waals surface area contributed by atoms with Gasteiger partial charge in [-0.25, -0.2) is 0 Å². The van der Waals surface area contributed by atoms with E-state index in [1.165, 1.54) is 18.2 Å². The molecule has 5 rings (SSSR count). The first-order valence-electron chi connectivity index (χ1n) is 19.7. The van der Waals surface area contributed by atoms with Crippen LogP contribution in [0.2, 0.25) is 0 Å². The highest BCUT2D eigenvalue weighted by Gasteiger charge is 2.41. The average Bonchev–Trinajstić information content (AvgIpc) is 3.40. The second-order valence-corrected chi connectivity index (χ2v) is 21.8. The predicted octanol–water partition coefficient (Wildman–Crippen LogP) is 7.13. The van der Waals surface area contributed by atoms with Crippen molar-refractivity contribution in [1.29, 1.82) is 0 Å². The third-order valence-electron chi connectivity index (χ3n) is 11.3. The quantitative estimate of drug-likeness (QED) is 0.0324. The Hall–Kier alpha value is -4.80. The molecule has 0 fully saturated rings. The van der Waals surface area contributed by atoms with Crippen molar-refractivity contribution < 1.29 is 56.7 Å². The van der Waals surface area contributed by atoms with Crippen molar-refractivity contribution in [3.63, 3.8) is 0 Å². The highest BCUT2D eigenvalue weighted by Crippen LogP contribution is 2.51. The van der Waals surface area contributed by atoms with Gasteiger partial charge in [0.05, 0.1) is 9.79 Å². The largest absolute Gasteiger partial charge is 0.359 e. The summed E-state index contributed by atoms with van der Waals surface area (Å²) in [6.07, 6.45) is 11.1. The van der Waals surface area contributed by atoms with E-state index in [9.17, 15) is 56.7 Å². The summed E-state index contributed by atoms with van der Waals surface area (Å²) in [6.45, 7) is 11.9. The van der Waals surface area contributed by atoms with Crippen molar-refractivity contribution in [2.75, 3.05) is 25.0 Å². The molecule has 0 spiro atoms. The number of aliphatic imine (C=N–C) groups is 1.